The number of nitrogens with zero attached hydrogens (tertiary/aromatic N) is 3. The summed E-state index contributed by atoms with van der Waals surface area (Å²) in [5.74, 6) is -0.261. The minimum atomic E-state index is -0.485. The van der Waals surface area contributed by atoms with Crippen LogP contribution < -0.4 is 0 Å². The van der Waals surface area contributed by atoms with Crippen LogP contribution in [0.4, 0.5) is 5.69 Å². The Morgan fingerprint density at radius 2 is 1.77 bits per heavy atom. The van der Waals surface area contributed by atoms with Gasteiger partial charge in [-0.15, -0.1) is 0 Å². The van der Waals surface area contributed by atoms with Crippen molar-refractivity contribution in [1.82, 2.24) is 4.90 Å². The summed E-state index contributed by atoms with van der Waals surface area (Å²) in [6, 6.07) is 7.72. The van der Waals surface area contributed by atoms with E-state index in [9.17, 15) is 20.2 Å². The number of amides is 1. The number of nitro groups is 1. The molecule has 114 valence electrons. The van der Waals surface area contributed by atoms with Gasteiger partial charge in [0.05, 0.1) is 4.92 Å². The molecule has 1 fully saturated rings. The van der Waals surface area contributed by atoms with E-state index in [2.05, 4.69) is 0 Å². The third-order valence-electron chi connectivity index (χ3n) is 3.66. The Kier molecular flexibility index (Phi) is 5.26. The van der Waals surface area contributed by atoms with Crippen molar-refractivity contribution in [3.8, 4) is 6.07 Å². The molecule has 0 bridgehead atoms. The average Bonchev–Trinajstić information content (AvgIpc) is 2.81. The van der Waals surface area contributed by atoms with Gasteiger partial charge in [-0.05, 0) is 36.6 Å². The molecule has 1 saturated heterocycles. The minimum absolute atomic E-state index is 0.0190. The molecule has 0 unspecified atom stereocenters. The molecule has 0 aromatic heterocycles. The molecule has 0 aliphatic carbocycles. The van der Waals surface area contributed by atoms with Gasteiger partial charge in [0.2, 0.25) is 0 Å². The molecule has 0 atom stereocenters. The van der Waals surface area contributed by atoms with Crippen LogP contribution in [0, 0.1) is 21.4 Å². The predicted octanol–water partition coefficient (Wildman–Crippen LogP) is 2.90. The van der Waals surface area contributed by atoms with Gasteiger partial charge < -0.3 is 4.90 Å². The van der Waals surface area contributed by atoms with Gasteiger partial charge >= 0.3 is 0 Å². The summed E-state index contributed by atoms with van der Waals surface area (Å²) < 4.78 is 0. The molecule has 6 heteroatoms. The molecule has 22 heavy (non-hydrogen) atoms. The van der Waals surface area contributed by atoms with E-state index in [-0.39, 0.29) is 17.2 Å². The van der Waals surface area contributed by atoms with Gasteiger partial charge in [-0.1, -0.05) is 12.8 Å². The maximum absolute atomic E-state index is 12.4. The van der Waals surface area contributed by atoms with Crippen LogP contribution >= 0.6 is 0 Å². The Morgan fingerprint density at radius 3 is 2.27 bits per heavy atom. The number of benzene rings is 1. The molecule has 0 spiro atoms. The monoisotopic (exact) mass is 299 g/mol. The van der Waals surface area contributed by atoms with Crippen molar-refractivity contribution in [2.24, 2.45) is 0 Å². The Morgan fingerprint density at radius 1 is 1.18 bits per heavy atom. The minimum Gasteiger partial charge on any atom is -0.338 e. The molecule has 1 aliphatic rings. The van der Waals surface area contributed by atoms with E-state index in [1.807, 2.05) is 6.07 Å². The van der Waals surface area contributed by atoms with Gasteiger partial charge in [0, 0.05) is 25.2 Å². The van der Waals surface area contributed by atoms with Crippen molar-refractivity contribution in [3.05, 3.63) is 45.5 Å². The zero-order valence-corrected chi connectivity index (χ0v) is 12.2. The Bertz CT molecular complexity index is 621. The smallest absolute Gasteiger partial charge is 0.269 e. The zero-order valence-electron chi connectivity index (χ0n) is 12.2. The van der Waals surface area contributed by atoms with Crippen LogP contribution in [-0.2, 0) is 4.79 Å². The summed E-state index contributed by atoms with van der Waals surface area (Å²) in [6.45, 7) is 1.36. The second kappa shape index (κ2) is 7.36. The van der Waals surface area contributed by atoms with Gasteiger partial charge in [-0.3, -0.25) is 14.9 Å². The maximum Gasteiger partial charge on any atom is 0.269 e. The SMILES string of the molecule is N#CC(=Cc1ccc([N+](=O)[O-])cc1)C(=O)N1CCCCCC1. The normalized spacial score (nSPS) is 15.8. The first-order valence-electron chi connectivity index (χ1n) is 7.27. The third-order valence-corrected chi connectivity index (χ3v) is 3.66. The van der Waals surface area contributed by atoms with Crippen LogP contribution in [0.2, 0.25) is 0 Å². The molecule has 0 saturated carbocycles. The molecule has 0 N–H and O–H groups in total. The molecule has 2 rings (SSSR count). The van der Waals surface area contributed by atoms with Gasteiger partial charge in [-0.2, -0.15) is 5.26 Å². The lowest BCUT2D eigenvalue weighted by Crippen LogP contribution is -2.32. The van der Waals surface area contributed by atoms with Crippen LogP contribution in [0.3, 0.4) is 0 Å². The lowest BCUT2D eigenvalue weighted by atomic mass is 10.1. The summed E-state index contributed by atoms with van der Waals surface area (Å²) >= 11 is 0. The van der Waals surface area contributed by atoms with Crippen molar-refractivity contribution in [3.63, 3.8) is 0 Å². The van der Waals surface area contributed by atoms with Gasteiger partial charge in [0.25, 0.3) is 11.6 Å². The Balaban J connectivity index is 2.17. The fraction of sp³-hybridized carbons (Fsp3) is 0.375. The fourth-order valence-electron chi connectivity index (χ4n) is 2.44. The van der Waals surface area contributed by atoms with Gasteiger partial charge in [-0.25, -0.2) is 0 Å². The lowest BCUT2D eigenvalue weighted by Gasteiger charge is -2.19. The van der Waals surface area contributed by atoms with E-state index < -0.39 is 4.92 Å². The van der Waals surface area contributed by atoms with E-state index in [0.717, 1.165) is 25.7 Å². The highest BCUT2D eigenvalue weighted by Gasteiger charge is 2.19. The van der Waals surface area contributed by atoms with Crippen LogP contribution in [0.25, 0.3) is 6.08 Å². The summed E-state index contributed by atoms with van der Waals surface area (Å²) in [5.41, 5.74) is 0.649. The number of carbonyl (C=O) groups excluding carboxylic acids is 1. The Labute approximate surface area is 128 Å². The predicted molar refractivity (Wildman–Crippen MR) is 81.7 cm³/mol. The molecule has 0 radical (unpaired) electrons. The molecule has 1 aliphatic heterocycles. The average molecular weight is 299 g/mol. The van der Waals surface area contributed by atoms with Crippen LogP contribution in [0.5, 0.6) is 0 Å². The van der Waals surface area contributed by atoms with E-state index in [4.69, 9.17) is 0 Å². The molecule has 1 aromatic rings. The number of hydrogen-bond acceptors (Lipinski definition) is 4. The first kappa shape index (κ1) is 15.7. The maximum atomic E-state index is 12.4. The zero-order chi connectivity index (χ0) is 15.9. The molecular formula is C16H17N3O3. The van der Waals surface area contributed by atoms with E-state index >= 15 is 0 Å². The highest BCUT2D eigenvalue weighted by Crippen LogP contribution is 2.17. The van der Waals surface area contributed by atoms with Gasteiger partial charge in [0.1, 0.15) is 11.6 Å². The third kappa shape index (κ3) is 3.92. The fourth-order valence-corrected chi connectivity index (χ4v) is 2.44. The number of carbonyl (C=O) groups is 1. The first-order valence-corrected chi connectivity index (χ1v) is 7.27. The van der Waals surface area contributed by atoms with Crippen molar-refractivity contribution >= 4 is 17.7 Å². The lowest BCUT2D eigenvalue weighted by molar-refractivity contribution is -0.384. The van der Waals surface area contributed by atoms with Crippen molar-refractivity contribution in [2.75, 3.05) is 13.1 Å². The number of non-ortho nitro benzene ring substituents is 1. The molecule has 1 heterocycles. The number of rotatable bonds is 3. The first-order chi connectivity index (χ1) is 10.6. The summed E-state index contributed by atoms with van der Waals surface area (Å²) in [7, 11) is 0. The van der Waals surface area contributed by atoms with Crippen LogP contribution in [-0.4, -0.2) is 28.8 Å². The summed E-state index contributed by atoms with van der Waals surface area (Å²) in [6.07, 6.45) is 5.62. The molecule has 1 amide bonds. The standard InChI is InChI=1S/C16H17N3O3/c17-12-14(16(20)18-9-3-1-2-4-10-18)11-13-5-7-15(8-6-13)19(21)22/h5-8,11H,1-4,9-10H2. The van der Waals surface area contributed by atoms with E-state index in [0.29, 0.717) is 18.7 Å². The highest BCUT2D eigenvalue weighted by atomic mass is 16.6. The largest absolute Gasteiger partial charge is 0.338 e. The molecular weight excluding hydrogens is 282 g/mol. The van der Waals surface area contributed by atoms with Crippen molar-refractivity contribution < 1.29 is 9.72 Å². The highest BCUT2D eigenvalue weighted by molar-refractivity contribution is 6.01. The summed E-state index contributed by atoms with van der Waals surface area (Å²) in [4.78, 5) is 24.2. The number of likely N-dealkylation sites (tertiary alicyclic amines) is 1. The molecule has 6 nitrogen and oxygen atoms in total. The summed E-state index contributed by atoms with van der Waals surface area (Å²) in [5, 5.41) is 19.8. The quantitative estimate of drug-likeness (QED) is 0.371. The van der Waals surface area contributed by atoms with Gasteiger partial charge in [0.15, 0.2) is 0 Å². The second-order valence-electron chi connectivity index (χ2n) is 5.22. The number of hydrogen-bond donors (Lipinski definition) is 0. The number of nitro benzene ring substituents is 1. The topological polar surface area (TPSA) is 87.2 Å². The van der Waals surface area contributed by atoms with Crippen molar-refractivity contribution in [1.29, 1.82) is 5.26 Å². The number of nitriles is 1. The Hall–Kier alpha value is -2.68. The van der Waals surface area contributed by atoms with Crippen LogP contribution in [0.15, 0.2) is 29.8 Å². The second-order valence-corrected chi connectivity index (χ2v) is 5.22. The van der Waals surface area contributed by atoms with Crippen LogP contribution in [0.1, 0.15) is 31.2 Å². The van der Waals surface area contributed by atoms with E-state index in [1.54, 1.807) is 4.90 Å². The van der Waals surface area contributed by atoms with Crippen molar-refractivity contribution in [2.45, 2.75) is 25.7 Å². The molecule has 1 aromatic carbocycles. The van der Waals surface area contributed by atoms with E-state index in [1.165, 1.54) is 30.3 Å².